The Labute approximate surface area is 255 Å². The van der Waals surface area contributed by atoms with Crippen LogP contribution in [0.3, 0.4) is 0 Å². The van der Waals surface area contributed by atoms with Crippen molar-refractivity contribution < 1.29 is 14.4 Å². The van der Waals surface area contributed by atoms with Crippen LogP contribution in [0.1, 0.15) is 54.6 Å². The van der Waals surface area contributed by atoms with Gasteiger partial charge in [-0.2, -0.15) is 0 Å². The highest BCUT2D eigenvalue weighted by Crippen LogP contribution is 2.37. The van der Waals surface area contributed by atoms with Gasteiger partial charge in [0.05, 0.1) is 5.69 Å². The van der Waals surface area contributed by atoms with E-state index in [4.69, 9.17) is 0 Å². The first kappa shape index (κ1) is 29.5. The van der Waals surface area contributed by atoms with Gasteiger partial charge >= 0.3 is 0 Å². The standard InChI is InChI=1S/C35H36BrN3O3/c1-3-24(2)37-34(41)31(22-25-11-5-4-6-12-25)39(23-26-13-7-16-28(36)21-26)32(40)19-10-20-38-30-18-9-15-27-14-8-17-29(33(27)30)35(38)42/h4-9,11-18,21,24,31H,3,10,19-20,22-23H2,1-2H3,(H,37,41)/t24-,31-/m1/s1. The second-order valence-corrected chi connectivity index (χ2v) is 11.8. The summed E-state index contributed by atoms with van der Waals surface area (Å²) in [5.74, 6) is -0.305. The van der Waals surface area contributed by atoms with E-state index < -0.39 is 6.04 Å². The van der Waals surface area contributed by atoms with Crippen molar-refractivity contribution >= 4 is 50.1 Å². The molecule has 1 heterocycles. The molecule has 0 saturated carbocycles. The predicted molar refractivity (Wildman–Crippen MR) is 171 cm³/mol. The van der Waals surface area contributed by atoms with Gasteiger partial charge in [-0.25, -0.2) is 0 Å². The van der Waals surface area contributed by atoms with E-state index in [9.17, 15) is 14.4 Å². The largest absolute Gasteiger partial charge is 0.352 e. The molecule has 6 nitrogen and oxygen atoms in total. The van der Waals surface area contributed by atoms with Gasteiger partial charge in [0.25, 0.3) is 5.91 Å². The van der Waals surface area contributed by atoms with Crippen molar-refractivity contribution in [1.29, 1.82) is 0 Å². The third kappa shape index (κ3) is 6.57. The van der Waals surface area contributed by atoms with Crippen LogP contribution in [0.5, 0.6) is 0 Å². The number of nitrogens with zero attached hydrogens (tertiary/aromatic N) is 2. The van der Waals surface area contributed by atoms with Crippen LogP contribution in [0, 0.1) is 0 Å². The van der Waals surface area contributed by atoms with Crippen LogP contribution in [0.2, 0.25) is 0 Å². The molecule has 1 N–H and O–H groups in total. The SMILES string of the molecule is CC[C@@H](C)NC(=O)[C@@H](Cc1ccccc1)N(Cc1cccc(Br)c1)C(=O)CCCN1C(=O)c2cccc3cccc1c23. The molecule has 0 radical (unpaired) electrons. The van der Waals surface area contributed by atoms with Crippen molar-refractivity contribution in [3.8, 4) is 0 Å². The molecule has 0 aliphatic carbocycles. The van der Waals surface area contributed by atoms with Crippen LogP contribution in [0.15, 0.2) is 95.5 Å². The number of benzene rings is 4. The zero-order valence-electron chi connectivity index (χ0n) is 24.1. The van der Waals surface area contributed by atoms with Crippen molar-refractivity contribution in [2.24, 2.45) is 0 Å². The van der Waals surface area contributed by atoms with Gasteiger partial charge in [-0.1, -0.05) is 89.6 Å². The lowest BCUT2D eigenvalue weighted by Gasteiger charge is -2.32. The minimum absolute atomic E-state index is 0.0101. The Kier molecular flexibility index (Phi) is 9.38. The van der Waals surface area contributed by atoms with Crippen molar-refractivity contribution in [1.82, 2.24) is 10.2 Å². The molecule has 7 heteroatoms. The van der Waals surface area contributed by atoms with Crippen molar-refractivity contribution in [3.63, 3.8) is 0 Å². The van der Waals surface area contributed by atoms with Gasteiger partial charge in [-0.15, -0.1) is 0 Å². The van der Waals surface area contributed by atoms with E-state index in [2.05, 4.69) is 21.2 Å². The topological polar surface area (TPSA) is 69.7 Å². The molecule has 4 aromatic rings. The molecule has 0 bridgehead atoms. The van der Waals surface area contributed by atoms with E-state index >= 15 is 0 Å². The van der Waals surface area contributed by atoms with Crippen molar-refractivity contribution in [3.05, 3.63) is 112 Å². The molecule has 5 rings (SSSR count). The summed E-state index contributed by atoms with van der Waals surface area (Å²) in [7, 11) is 0. The van der Waals surface area contributed by atoms with E-state index in [0.717, 1.165) is 38.5 Å². The van der Waals surface area contributed by atoms with Crippen molar-refractivity contribution in [2.75, 3.05) is 11.4 Å². The Hall–Kier alpha value is -3.97. The fraction of sp³-hybridized carbons (Fsp3) is 0.286. The molecule has 2 atom stereocenters. The zero-order chi connectivity index (χ0) is 29.6. The first-order valence-corrected chi connectivity index (χ1v) is 15.4. The third-order valence-electron chi connectivity index (χ3n) is 7.94. The summed E-state index contributed by atoms with van der Waals surface area (Å²) < 4.78 is 0.914. The van der Waals surface area contributed by atoms with Gasteiger partial charge < -0.3 is 15.1 Å². The van der Waals surface area contributed by atoms with Crippen LogP contribution in [-0.2, 0) is 22.6 Å². The summed E-state index contributed by atoms with van der Waals surface area (Å²) in [4.78, 5) is 44.5. The highest BCUT2D eigenvalue weighted by atomic mass is 79.9. The molecule has 0 spiro atoms. The maximum absolute atomic E-state index is 14.0. The number of anilines is 1. The molecule has 0 aromatic heterocycles. The average Bonchev–Trinajstić information content (AvgIpc) is 3.27. The average molecular weight is 627 g/mol. The summed E-state index contributed by atoms with van der Waals surface area (Å²) in [6.07, 6.45) is 1.90. The first-order valence-electron chi connectivity index (χ1n) is 14.6. The van der Waals surface area contributed by atoms with Gasteiger partial charge in [0.1, 0.15) is 6.04 Å². The van der Waals surface area contributed by atoms with Gasteiger partial charge in [-0.3, -0.25) is 14.4 Å². The summed E-state index contributed by atoms with van der Waals surface area (Å²) in [5, 5.41) is 5.12. The Bertz CT molecular complexity index is 1580. The summed E-state index contributed by atoms with van der Waals surface area (Å²) in [5.41, 5.74) is 3.52. The maximum Gasteiger partial charge on any atom is 0.258 e. The lowest BCUT2D eigenvalue weighted by molar-refractivity contribution is -0.141. The minimum atomic E-state index is -0.681. The van der Waals surface area contributed by atoms with E-state index in [1.165, 1.54) is 0 Å². The van der Waals surface area contributed by atoms with Crippen LogP contribution in [0.25, 0.3) is 10.8 Å². The highest BCUT2D eigenvalue weighted by molar-refractivity contribution is 9.10. The van der Waals surface area contributed by atoms with Gasteiger partial charge in [-0.05, 0) is 60.5 Å². The van der Waals surface area contributed by atoms with E-state index in [0.29, 0.717) is 31.5 Å². The highest BCUT2D eigenvalue weighted by Gasteiger charge is 2.32. The Morgan fingerprint density at radius 2 is 1.64 bits per heavy atom. The molecule has 0 saturated heterocycles. The minimum Gasteiger partial charge on any atom is -0.352 e. The van der Waals surface area contributed by atoms with Gasteiger partial charge in [0.2, 0.25) is 11.8 Å². The maximum atomic E-state index is 14.0. The molecule has 1 aliphatic heterocycles. The molecule has 3 amide bonds. The van der Waals surface area contributed by atoms with Gasteiger partial charge in [0, 0.05) is 47.4 Å². The van der Waals surface area contributed by atoms with Crippen LogP contribution in [0.4, 0.5) is 5.69 Å². The molecule has 216 valence electrons. The number of rotatable bonds is 12. The number of hydrogen-bond donors (Lipinski definition) is 1. The number of carbonyl (C=O) groups is 3. The normalized spacial score (nSPS) is 13.7. The molecule has 0 fully saturated rings. The lowest BCUT2D eigenvalue weighted by atomic mass is 10.0. The van der Waals surface area contributed by atoms with Crippen LogP contribution in [-0.4, -0.2) is 41.2 Å². The zero-order valence-corrected chi connectivity index (χ0v) is 25.6. The molecule has 1 aliphatic rings. The van der Waals surface area contributed by atoms with E-state index in [-0.39, 0.29) is 30.2 Å². The second-order valence-electron chi connectivity index (χ2n) is 10.9. The second kappa shape index (κ2) is 13.3. The Balaban J connectivity index is 1.38. The summed E-state index contributed by atoms with van der Waals surface area (Å²) in [6, 6.07) is 28.7. The number of hydrogen-bond acceptors (Lipinski definition) is 3. The summed E-state index contributed by atoms with van der Waals surface area (Å²) >= 11 is 3.54. The fourth-order valence-electron chi connectivity index (χ4n) is 5.56. The number of amides is 3. The lowest BCUT2D eigenvalue weighted by Crippen LogP contribution is -2.52. The molecular weight excluding hydrogens is 590 g/mol. The fourth-order valence-corrected chi connectivity index (χ4v) is 6.01. The van der Waals surface area contributed by atoms with E-state index in [1.807, 2.05) is 105 Å². The number of nitrogens with one attached hydrogen (secondary N) is 1. The monoisotopic (exact) mass is 625 g/mol. The van der Waals surface area contributed by atoms with Crippen LogP contribution >= 0.6 is 15.9 Å². The third-order valence-corrected chi connectivity index (χ3v) is 8.43. The Morgan fingerprint density at radius 1 is 0.929 bits per heavy atom. The Morgan fingerprint density at radius 3 is 2.38 bits per heavy atom. The molecule has 4 aromatic carbocycles. The van der Waals surface area contributed by atoms with E-state index in [1.54, 1.807) is 9.80 Å². The quantitative estimate of drug-likeness (QED) is 0.186. The predicted octanol–water partition coefficient (Wildman–Crippen LogP) is 6.90. The van der Waals surface area contributed by atoms with Crippen LogP contribution < -0.4 is 10.2 Å². The number of halogens is 1. The number of carbonyl (C=O) groups excluding carboxylic acids is 3. The molecule has 42 heavy (non-hydrogen) atoms. The summed E-state index contributed by atoms with van der Waals surface area (Å²) in [6.45, 7) is 4.73. The molecular formula is C35H36BrN3O3. The van der Waals surface area contributed by atoms with Gasteiger partial charge in [0.15, 0.2) is 0 Å². The van der Waals surface area contributed by atoms with Crippen molar-refractivity contribution in [2.45, 2.75) is 58.2 Å². The molecule has 0 unspecified atom stereocenters. The first-order chi connectivity index (χ1) is 20.4. The smallest absolute Gasteiger partial charge is 0.258 e.